The number of methoxy groups -OCH3 is 1. The fraction of sp³-hybridized carbons (Fsp3) is 0.391. The minimum atomic E-state index is -0.881. The van der Waals surface area contributed by atoms with Gasteiger partial charge in [-0.05, 0) is 38.5 Å². The summed E-state index contributed by atoms with van der Waals surface area (Å²) in [5.41, 5.74) is 2.33. The molecule has 0 saturated carbocycles. The van der Waals surface area contributed by atoms with E-state index in [1.165, 1.54) is 19.2 Å². The lowest BCUT2D eigenvalue weighted by Crippen LogP contribution is -2.54. The van der Waals surface area contributed by atoms with Crippen LogP contribution in [-0.2, 0) is 17.9 Å². The van der Waals surface area contributed by atoms with Crippen molar-refractivity contribution in [2.45, 2.75) is 46.0 Å². The summed E-state index contributed by atoms with van der Waals surface area (Å²) in [6.07, 6.45) is 2.50. The Balaban J connectivity index is 1.48. The quantitative estimate of drug-likeness (QED) is 0.444. The summed E-state index contributed by atoms with van der Waals surface area (Å²) in [7, 11) is 1.21. The molecule has 1 aromatic carbocycles. The normalized spacial score (nSPS) is 16.0. The SMILES string of the molecule is CCN1c2nc(NCc3cnn(Cc4cc(F)c(OC)c(F)c4)c3)nc(C)c2NC(=O)[C@@H]1[C@H](C)O. The molecule has 0 unspecified atom stereocenters. The van der Waals surface area contributed by atoms with Crippen LogP contribution >= 0.6 is 0 Å². The van der Waals surface area contributed by atoms with Gasteiger partial charge in [0.1, 0.15) is 11.7 Å². The number of carbonyl (C=O) groups is 1. The molecule has 12 heteroatoms. The van der Waals surface area contributed by atoms with E-state index in [4.69, 9.17) is 4.74 Å². The van der Waals surface area contributed by atoms with Gasteiger partial charge in [0.05, 0.1) is 31.6 Å². The number of aliphatic hydroxyl groups is 1. The number of aromatic nitrogens is 4. The van der Waals surface area contributed by atoms with Crippen LogP contribution in [0, 0.1) is 18.6 Å². The molecule has 3 heterocycles. The van der Waals surface area contributed by atoms with Gasteiger partial charge in [0.2, 0.25) is 11.9 Å². The van der Waals surface area contributed by atoms with Crippen molar-refractivity contribution < 1.29 is 23.4 Å². The molecule has 4 rings (SSSR count). The first-order chi connectivity index (χ1) is 16.7. The summed E-state index contributed by atoms with van der Waals surface area (Å²) in [5, 5.41) is 20.3. The molecule has 3 aromatic rings. The number of aliphatic hydroxyl groups excluding tert-OH is 1. The number of rotatable bonds is 8. The molecule has 2 atom stereocenters. The van der Waals surface area contributed by atoms with Crippen LogP contribution in [0.4, 0.5) is 26.2 Å². The number of benzene rings is 1. The highest BCUT2D eigenvalue weighted by Gasteiger charge is 2.37. The van der Waals surface area contributed by atoms with E-state index in [1.54, 1.807) is 35.8 Å². The predicted molar refractivity (Wildman–Crippen MR) is 125 cm³/mol. The Morgan fingerprint density at radius 3 is 2.60 bits per heavy atom. The number of anilines is 3. The number of fused-ring (bicyclic) bond motifs is 1. The Kier molecular flexibility index (Phi) is 6.83. The van der Waals surface area contributed by atoms with Gasteiger partial charge in [-0.15, -0.1) is 0 Å². The first-order valence-corrected chi connectivity index (χ1v) is 11.1. The highest BCUT2D eigenvalue weighted by molar-refractivity contribution is 6.03. The second kappa shape index (κ2) is 9.82. The van der Waals surface area contributed by atoms with Gasteiger partial charge >= 0.3 is 0 Å². The molecule has 0 bridgehead atoms. The minimum Gasteiger partial charge on any atom is -0.491 e. The lowest BCUT2D eigenvalue weighted by Gasteiger charge is -2.38. The Morgan fingerprint density at radius 2 is 1.97 bits per heavy atom. The van der Waals surface area contributed by atoms with Crippen molar-refractivity contribution >= 4 is 23.4 Å². The topological polar surface area (TPSA) is 117 Å². The zero-order valence-electron chi connectivity index (χ0n) is 19.8. The van der Waals surface area contributed by atoms with Gasteiger partial charge < -0.3 is 25.4 Å². The van der Waals surface area contributed by atoms with Gasteiger partial charge in [0.15, 0.2) is 23.2 Å². The van der Waals surface area contributed by atoms with E-state index in [1.807, 2.05) is 6.92 Å². The van der Waals surface area contributed by atoms with Gasteiger partial charge in [-0.1, -0.05) is 0 Å². The van der Waals surface area contributed by atoms with Crippen molar-refractivity contribution in [1.82, 2.24) is 19.7 Å². The molecular weight excluding hydrogens is 460 g/mol. The zero-order valence-corrected chi connectivity index (χ0v) is 19.8. The maximum atomic E-state index is 14.0. The Labute approximate surface area is 200 Å². The van der Waals surface area contributed by atoms with Gasteiger partial charge in [0, 0.05) is 24.8 Å². The molecule has 35 heavy (non-hydrogen) atoms. The third-order valence-electron chi connectivity index (χ3n) is 5.74. The predicted octanol–water partition coefficient (Wildman–Crippen LogP) is 2.46. The summed E-state index contributed by atoms with van der Waals surface area (Å²) in [6, 6.07) is 1.68. The van der Waals surface area contributed by atoms with Gasteiger partial charge in [-0.2, -0.15) is 10.1 Å². The molecule has 1 aliphatic rings. The van der Waals surface area contributed by atoms with Crippen molar-refractivity contribution in [2.24, 2.45) is 0 Å². The lowest BCUT2D eigenvalue weighted by atomic mass is 10.1. The van der Waals surface area contributed by atoms with Crippen LogP contribution in [-0.4, -0.2) is 56.6 Å². The summed E-state index contributed by atoms with van der Waals surface area (Å²) < 4.78 is 34.2. The molecule has 0 radical (unpaired) electrons. The standard InChI is InChI=1S/C23H27F2N7O3/c1-5-32-19(13(3)33)22(34)29-18-12(2)28-23(30-21(18)32)26-8-15-9-27-31(11-15)10-14-6-16(24)20(35-4)17(25)7-14/h6-7,9,11,13,19,33H,5,8,10H2,1-4H3,(H,29,34)(H,26,28,30)/t13-,19-/m0/s1. The number of aryl methyl sites for hydroxylation is 1. The molecule has 1 amide bonds. The fourth-order valence-electron chi connectivity index (χ4n) is 4.14. The molecule has 0 fully saturated rings. The summed E-state index contributed by atoms with van der Waals surface area (Å²) in [6.45, 7) is 6.23. The largest absolute Gasteiger partial charge is 0.491 e. The van der Waals surface area contributed by atoms with Crippen LogP contribution in [0.2, 0.25) is 0 Å². The van der Waals surface area contributed by atoms with Crippen LogP contribution in [0.25, 0.3) is 0 Å². The second-order valence-electron chi connectivity index (χ2n) is 8.28. The molecule has 0 aliphatic carbocycles. The van der Waals surface area contributed by atoms with Crippen molar-refractivity contribution in [3.05, 3.63) is 53.0 Å². The lowest BCUT2D eigenvalue weighted by molar-refractivity contribution is -0.119. The third-order valence-corrected chi connectivity index (χ3v) is 5.74. The van der Waals surface area contributed by atoms with E-state index in [9.17, 15) is 18.7 Å². The average molecular weight is 488 g/mol. The Bertz CT molecular complexity index is 1220. The first-order valence-electron chi connectivity index (χ1n) is 11.1. The zero-order chi connectivity index (χ0) is 25.3. The van der Waals surface area contributed by atoms with Crippen molar-refractivity contribution in [2.75, 3.05) is 29.2 Å². The third kappa shape index (κ3) is 4.87. The van der Waals surface area contributed by atoms with Gasteiger partial charge in [-0.25, -0.2) is 13.8 Å². The Morgan fingerprint density at radius 1 is 1.26 bits per heavy atom. The van der Waals surface area contributed by atoms with E-state index in [0.29, 0.717) is 41.8 Å². The molecule has 186 valence electrons. The second-order valence-corrected chi connectivity index (χ2v) is 8.28. The van der Waals surface area contributed by atoms with Crippen LogP contribution in [0.5, 0.6) is 5.75 Å². The summed E-state index contributed by atoms with van der Waals surface area (Å²) >= 11 is 0. The number of nitrogens with one attached hydrogen (secondary N) is 2. The molecule has 0 spiro atoms. The highest BCUT2D eigenvalue weighted by Crippen LogP contribution is 2.34. The van der Waals surface area contributed by atoms with Crippen molar-refractivity contribution in [3.63, 3.8) is 0 Å². The van der Waals surface area contributed by atoms with E-state index >= 15 is 0 Å². The van der Waals surface area contributed by atoms with Crippen LogP contribution in [0.3, 0.4) is 0 Å². The molecule has 10 nitrogen and oxygen atoms in total. The maximum Gasteiger partial charge on any atom is 0.249 e. The van der Waals surface area contributed by atoms with E-state index in [0.717, 1.165) is 5.56 Å². The average Bonchev–Trinajstić information content (AvgIpc) is 3.24. The monoisotopic (exact) mass is 487 g/mol. The highest BCUT2D eigenvalue weighted by atomic mass is 19.1. The summed E-state index contributed by atoms with van der Waals surface area (Å²) in [5.74, 6) is -1.37. The van der Waals surface area contributed by atoms with Gasteiger partial charge in [-0.3, -0.25) is 9.48 Å². The van der Waals surface area contributed by atoms with Crippen LogP contribution in [0.1, 0.15) is 30.7 Å². The molecule has 2 aromatic heterocycles. The van der Waals surface area contributed by atoms with E-state index in [-0.39, 0.29) is 12.5 Å². The van der Waals surface area contributed by atoms with E-state index < -0.39 is 29.5 Å². The number of ether oxygens (including phenoxy) is 1. The number of hydrogen-bond acceptors (Lipinski definition) is 8. The molecule has 0 saturated heterocycles. The van der Waals surface area contributed by atoms with Gasteiger partial charge in [0.25, 0.3) is 0 Å². The van der Waals surface area contributed by atoms with Crippen LogP contribution in [0.15, 0.2) is 24.5 Å². The number of halogens is 2. The minimum absolute atomic E-state index is 0.179. The van der Waals surface area contributed by atoms with E-state index in [2.05, 4.69) is 25.7 Å². The number of nitrogens with zero attached hydrogens (tertiary/aromatic N) is 5. The number of likely N-dealkylation sites (N-methyl/N-ethyl adjacent to an activating group) is 1. The summed E-state index contributed by atoms with van der Waals surface area (Å²) in [4.78, 5) is 23.2. The number of hydrogen-bond donors (Lipinski definition) is 3. The van der Waals surface area contributed by atoms with Crippen LogP contribution < -0.4 is 20.3 Å². The first kappa shape index (κ1) is 24.3. The number of carbonyl (C=O) groups excluding carboxylic acids is 1. The maximum absolute atomic E-state index is 14.0. The molecule has 3 N–H and O–H groups in total. The van der Waals surface area contributed by atoms with Crippen molar-refractivity contribution in [3.8, 4) is 5.75 Å². The number of amides is 1. The smallest absolute Gasteiger partial charge is 0.249 e. The fourth-order valence-corrected chi connectivity index (χ4v) is 4.14. The molecule has 1 aliphatic heterocycles. The van der Waals surface area contributed by atoms with Crippen molar-refractivity contribution in [1.29, 1.82) is 0 Å². The molecular formula is C23H27F2N7O3. The Hall–Kier alpha value is -3.80.